The number of amides is 1. The van der Waals surface area contributed by atoms with Crippen molar-refractivity contribution in [2.24, 2.45) is 0 Å². The maximum atomic E-state index is 12.8. The minimum Gasteiger partial charge on any atom is -0.392 e. The molecule has 1 aromatic carbocycles. The van der Waals surface area contributed by atoms with Crippen LogP contribution in [-0.4, -0.2) is 36.2 Å². The molecule has 0 saturated carbocycles. The summed E-state index contributed by atoms with van der Waals surface area (Å²) in [5, 5.41) is 15.1. The molecule has 0 radical (unpaired) electrons. The molecule has 1 aliphatic rings. The number of nitrogens with one attached hydrogen (secondary N) is 2. The van der Waals surface area contributed by atoms with Crippen LogP contribution in [0.5, 0.6) is 0 Å². The van der Waals surface area contributed by atoms with E-state index < -0.39 is 29.3 Å². The lowest BCUT2D eigenvalue weighted by Gasteiger charge is -2.27. The van der Waals surface area contributed by atoms with Crippen LogP contribution < -0.4 is 10.6 Å². The second-order valence-electron chi connectivity index (χ2n) is 6.53. The van der Waals surface area contributed by atoms with E-state index in [0.29, 0.717) is 18.5 Å². The Hall–Kier alpha value is -1.31. The van der Waals surface area contributed by atoms with Gasteiger partial charge in [0.05, 0.1) is 17.7 Å². The summed E-state index contributed by atoms with van der Waals surface area (Å²) in [6.45, 7) is 4.13. The number of β-amino-alcohol motifs (C(OH)–C–C–N with tert-alkyl or cyclic N) is 1. The molecule has 2 rings (SSSR count). The first-order chi connectivity index (χ1) is 10.6. The van der Waals surface area contributed by atoms with Crippen molar-refractivity contribution in [3.8, 4) is 0 Å². The van der Waals surface area contributed by atoms with E-state index in [1.165, 1.54) is 6.07 Å². The fourth-order valence-electron chi connectivity index (χ4n) is 2.57. The van der Waals surface area contributed by atoms with E-state index in [0.717, 1.165) is 12.1 Å². The first kappa shape index (κ1) is 20.7. The van der Waals surface area contributed by atoms with E-state index in [1.54, 1.807) is 19.9 Å². The maximum absolute atomic E-state index is 12.8. The quantitative estimate of drug-likeness (QED) is 0.766. The van der Waals surface area contributed by atoms with Gasteiger partial charge in [-0.25, -0.2) is 0 Å². The van der Waals surface area contributed by atoms with Crippen molar-refractivity contribution >= 4 is 18.3 Å². The third kappa shape index (κ3) is 5.09. The van der Waals surface area contributed by atoms with Crippen LogP contribution in [0.2, 0.25) is 0 Å². The number of rotatable bonds is 4. The Labute approximate surface area is 145 Å². The summed E-state index contributed by atoms with van der Waals surface area (Å²) in [6.07, 6.45) is -4.59. The van der Waals surface area contributed by atoms with Crippen LogP contribution >= 0.6 is 12.4 Å². The average Bonchev–Trinajstić information content (AvgIpc) is 2.91. The number of carbonyl (C=O) groups excluding carboxylic acids is 1. The molecular weight excluding hydrogens is 345 g/mol. The Morgan fingerprint density at radius 1 is 1.33 bits per heavy atom. The second kappa shape index (κ2) is 7.72. The number of benzene rings is 1. The number of aliphatic hydroxyl groups excluding tert-OH is 1. The van der Waals surface area contributed by atoms with Gasteiger partial charge in [-0.3, -0.25) is 4.79 Å². The van der Waals surface area contributed by atoms with E-state index >= 15 is 0 Å². The van der Waals surface area contributed by atoms with E-state index in [4.69, 9.17) is 0 Å². The minimum atomic E-state index is -4.39. The highest BCUT2D eigenvalue weighted by molar-refractivity contribution is 5.85. The molecule has 1 aromatic rings. The fraction of sp³-hybridized carbons (Fsp3) is 0.562. The topological polar surface area (TPSA) is 61.4 Å². The highest BCUT2D eigenvalue weighted by Gasteiger charge is 2.33. The number of hydrogen-bond donors (Lipinski definition) is 3. The van der Waals surface area contributed by atoms with Gasteiger partial charge in [0, 0.05) is 18.5 Å². The van der Waals surface area contributed by atoms with Crippen molar-refractivity contribution < 1.29 is 23.1 Å². The van der Waals surface area contributed by atoms with Crippen molar-refractivity contribution in [3.63, 3.8) is 0 Å². The summed E-state index contributed by atoms with van der Waals surface area (Å²) in [5.74, 6) is -0.249. The molecule has 24 heavy (non-hydrogen) atoms. The van der Waals surface area contributed by atoms with Gasteiger partial charge in [0.2, 0.25) is 5.91 Å². The smallest absolute Gasteiger partial charge is 0.392 e. The van der Waals surface area contributed by atoms with E-state index in [2.05, 4.69) is 10.6 Å². The van der Waals surface area contributed by atoms with Gasteiger partial charge in [0.1, 0.15) is 0 Å². The van der Waals surface area contributed by atoms with Crippen LogP contribution in [-0.2, 0) is 16.4 Å². The molecule has 2 unspecified atom stereocenters. The van der Waals surface area contributed by atoms with Gasteiger partial charge in [-0.2, -0.15) is 13.2 Å². The Balaban J connectivity index is 0.00000288. The van der Waals surface area contributed by atoms with Gasteiger partial charge < -0.3 is 15.7 Å². The zero-order valence-corrected chi connectivity index (χ0v) is 14.3. The Morgan fingerprint density at radius 3 is 2.50 bits per heavy atom. The van der Waals surface area contributed by atoms with Gasteiger partial charge in [0.25, 0.3) is 0 Å². The zero-order valence-electron chi connectivity index (χ0n) is 13.5. The summed E-state index contributed by atoms with van der Waals surface area (Å²) in [4.78, 5) is 12.0. The molecule has 0 aromatic heterocycles. The zero-order chi connectivity index (χ0) is 17.3. The average molecular weight is 367 g/mol. The molecule has 1 aliphatic heterocycles. The third-order valence-electron chi connectivity index (χ3n) is 4.10. The van der Waals surface area contributed by atoms with Crippen LogP contribution in [0, 0.1) is 0 Å². The van der Waals surface area contributed by atoms with E-state index in [1.807, 2.05) is 0 Å². The largest absolute Gasteiger partial charge is 0.416 e. The van der Waals surface area contributed by atoms with Gasteiger partial charge in [0.15, 0.2) is 0 Å². The number of aliphatic hydroxyl groups is 1. The molecule has 4 nitrogen and oxygen atoms in total. The second-order valence-corrected chi connectivity index (χ2v) is 6.53. The summed E-state index contributed by atoms with van der Waals surface area (Å²) in [5.41, 5.74) is -0.837. The lowest BCUT2D eigenvalue weighted by molar-refractivity contribution is -0.137. The third-order valence-corrected chi connectivity index (χ3v) is 4.10. The van der Waals surface area contributed by atoms with Gasteiger partial charge in [-0.1, -0.05) is 32.0 Å². The van der Waals surface area contributed by atoms with Gasteiger partial charge in [-0.15, -0.1) is 12.4 Å². The summed E-state index contributed by atoms with van der Waals surface area (Å²) in [7, 11) is 0. The van der Waals surface area contributed by atoms with Crippen molar-refractivity contribution in [1.82, 2.24) is 10.6 Å². The Kier molecular flexibility index (Phi) is 6.67. The van der Waals surface area contributed by atoms with Crippen LogP contribution in [0.15, 0.2) is 24.3 Å². The molecule has 3 N–H and O–H groups in total. The number of carbonyl (C=O) groups is 1. The fourth-order valence-corrected chi connectivity index (χ4v) is 2.57. The Morgan fingerprint density at radius 2 is 1.96 bits per heavy atom. The first-order valence-corrected chi connectivity index (χ1v) is 7.46. The molecule has 8 heteroatoms. The number of halogens is 4. The predicted octanol–water partition coefficient (Wildman–Crippen LogP) is 2.24. The molecule has 1 heterocycles. The predicted molar refractivity (Wildman–Crippen MR) is 87.1 cm³/mol. The lowest BCUT2D eigenvalue weighted by Crippen LogP contribution is -2.45. The number of hydrogen-bond acceptors (Lipinski definition) is 3. The molecule has 1 fully saturated rings. The molecule has 2 atom stereocenters. The van der Waals surface area contributed by atoms with Crippen molar-refractivity contribution in [2.45, 2.75) is 44.0 Å². The molecule has 0 aliphatic carbocycles. The standard InChI is InChI=1S/C16H21F3N2O2.ClH/c1-15(2,9-21-14(23)13-7-12(22)8-20-13)10-4-3-5-11(6-10)16(17,18)19;/h3-6,12-13,20,22H,7-9H2,1-2H3,(H,21,23);1H. The Bertz CT molecular complexity index is 579. The lowest BCUT2D eigenvalue weighted by atomic mass is 9.83. The normalized spacial score (nSPS) is 21.2. The van der Waals surface area contributed by atoms with Crippen molar-refractivity contribution in [2.75, 3.05) is 13.1 Å². The highest BCUT2D eigenvalue weighted by Crippen LogP contribution is 2.32. The summed E-state index contributed by atoms with van der Waals surface area (Å²) in [6, 6.07) is 4.68. The van der Waals surface area contributed by atoms with Crippen LogP contribution in [0.3, 0.4) is 0 Å². The first-order valence-electron chi connectivity index (χ1n) is 7.46. The van der Waals surface area contributed by atoms with E-state index in [-0.39, 0.29) is 24.9 Å². The summed E-state index contributed by atoms with van der Waals surface area (Å²) >= 11 is 0. The molecule has 1 saturated heterocycles. The van der Waals surface area contributed by atoms with Gasteiger partial charge >= 0.3 is 6.18 Å². The highest BCUT2D eigenvalue weighted by atomic mass is 35.5. The summed E-state index contributed by atoms with van der Waals surface area (Å²) < 4.78 is 38.4. The SMILES string of the molecule is CC(C)(CNC(=O)C1CC(O)CN1)c1cccc(C(F)(F)F)c1.Cl. The van der Waals surface area contributed by atoms with Crippen LogP contribution in [0.4, 0.5) is 13.2 Å². The van der Waals surface area contributed by atoms with Crippen molar-refractivity contribution in [3.05, 3.63) is 35.4 Å². The minimum absolute atomic E-state index is 0. The molecule has 0 spiro atoms. The molecule has 136 valence electrons. The number of alkyl halides is 3. The van der Waals surface area contributed by atoms with Crippen molar-refractivity contribution in [1.29, 1.82) is 0 Å². The molecule has 0 bridgehead atoms. The molecule has 1 amide bonds. The monoisotopic (exact) mass is 366 g/mol. The maximum Gasteiger partial charge on any atom is 0.416 e. The van der Waals surface area contributed by atoms with E-state index in [9.17, 15) is 23.1 Å². The molecular formula is C16H22ClF3N2O2. The van der Waals surface area contributed by atoms with Crippen LogP contribution in [0.25, 0.3) is 0 Å². The van der Waals surface area contributed by atoms with Crippen LogP contribution in [0.1, 0.15) is 31.4 Å². The van der Waals surface area contributed by atoms with Gasteiger partial charge in [-0.05, 0) is 18.1 Å².